The van der Waals surface area contributed by atoms with Crippen LogP contribution < -0.4 is 9.47 Å². The third-order valence-electron chi connectivity index (χ3n) is 6.30. The number of ether oxygens (including phenoxy) is 2. The van der Waals surface area contributed by atoms with E-state index in [1.807, 2.05) is 18.7 Å². The van der Waals surface area contributed by atoms with E-state index in [4.69, 9.17) is 54.2 Å². The first-order valence-electron chi connectivity index (χ1n) is 14.1. The molecule has 0 saturated carbocycles. The summed E-state index contributed by atoms with van der Waals surface area (Å²) in [5.41, 5.74) is 2.20. The number of carbonyl (C=O) groups is 2. The minimum Gasteiger partial charge on any atom is -0.511 e. The molecule has 0 heterocycles. The molecule has 44 heavy (non-hydrogen) atoms. The quantitative estimate of drug-likeness (QED) is 0.115. The van der Waals surface area contributed by atoms with Crippen molar-refractivity contribution in [2.75, 3.05) is 12.4 Å². The van der Waals surface area contributed by atoms with Crippen molar-refractivity contribution in [3.8, 4) is 17.2 Å². The maximum Gasteiger partial charge on any atom is 0.344 e. The van der Waals surface area contributed by atoms with Crippen molar-refractivity contribution in [2.45, 2.75) is 64.7 Å². The Bertz CT molecular complexity index is 1330. The van der Waals surface area contributed by atoms with Gasteiger partial charge in [-0.2, -0.15) is 11.8 Å². The van der Waals surface area contributed by atoms with Crippen molar-refractivity contribution in [3.63, 3.8) is 0 Å². The highest BCUT2D eigenvalue weighted by Crippen LogP contribution is 2.33. The molecule has 12 heteroatoms. The van der Waals surface area contributed by atoms with Gasteiger partial charge in [-0.3, -0.25) is 4.79 Å². The van der Waals surface area contributed by atoms with Gasteiger partial charge in [-0.05, 0) is 80.0 Å². The molecule has 1 aliphatic carbocycles. The molecule has 0 spiro atoms. The van der Waals surface area contributed by atoms with Crippen molar-refractivity contribution in [1.82, 2.24) is 0 Å². The number of oxime groups is 1. The standard InChI is InChI=1S/C17H26ClNO3S.C15H12Cl2O4/c1-4-14(19-22-8-6-7-18)17-15(20)10-13(11-16(17)21)9-12(3)23-5-2;1-9(15(18)19)20-11-3-5-12(6-4-11)21-14-7-2-10(16)8-13(14)17/h6-7,12-13,20H,4-5,8-11H2,1-3H3;2-9H,1H3,(H,18,19)/b7-6+,19-14+;. The molecule has 0 aromatic heterocycles. The largest absolute Gasteiger partial charge is 0.511 e. The van der Waals surface area contributed by atoms with Crippen molar-refractivity contribution in [1.29, 1.82) is 0 Å². The van der Waals surface area contributed by atoms with Gasteiger partial charge in [-0.15, -0.1) is 0 Å². The Balaban J connectivity index is 0.000000308. The van der Waals surface area contributed by atoms with Crippen LogP contribution in [0.3, 0.4) is 0 Å². The normalized spacial score (nSPS) is 16.7. The number of allylic oxidation sites excluding steroid dienone is 2. The molecule has 3 atom stereocenters. The highest BCUT2D eigenvalue weighted by molar-refractivity contribution is 7.99. The molecular weight excluding hydrogens is 649 g/mol. The summed E-state index contributed by atoms with van der Waals surface area (Å²) < 4.78 is 10.8. The summed E-state index contributed by atoms with van der Waals surface area (Å²) in [6.45, 7) is 7.89. The van der Waals surface area contributed by atoms with Crippen LogP contribution in [0.1, 0.15) is 53.4 Å². The lowest BCUT2D eigenvalue weighted by Gasteiger charge is -2.25. The molecule has 0 fully saturated rings. The predicted octanol–water partition coefficient (Wildman–Crippen LogP) is 9.48. The highest BCUT2D eigenvalue weighted by Gasteiger charge is 2.31. The number of carbonyl (C=O) groups excluding carboxylic acids is 1. The fraction of sp³-hybridized carbons (Fsp3) is 0.406. The number of nitrogens with zero attached hydrogens (tertiary/aromatic N) is 1. The number of hydrogen-bond donors (Lipinski definition) is 2. The zero-order chi connectivity index (χ0) is 32.6. The van der Waals surface area contributed by atoms with Crippen molar-refractivity contribution in [2.24, 2.45) is 11.1 Å². The second-order valence-corrected chi connectivity index (χ2v) is 12.6. The molecule has 3 rings (SSSR count). The lowest BCUT2D eigenvalue weighted by molar-refractivity contribution is -0.144. The number of thioether (sulfide) groups is 1. The first-order chi connectivity index (χ1) is 21.0. The molecule has 2 aromatic rings. The summed E-state index contributed by atoms with van der Waals surface area (Å²) in [6.07, 6.45) is 3.17. The van der Waals surface area contributed by atoms with Crippen LogP contribution in [-0.4, -0.2) is 51.4 Å². The van der Waals surface area contributed by atoms with Crippen LogP contribution in [-0.2, 0) is 14.4 Å². The molecular formula is C32H38Cl3NO7S. The number of aliphatic hydroxyl groups is 1. The Morgan fingerprint density at radius 2 is 1.80 bits per heavy atom. The smallest absolute Gasteiger partial charge is 0.344 e. The Morgan fingerprint density at radius 3 is 2.36 bits per heavy atom. The van der Waals surface area contributed by atoms with E-state index in [1.165, 1.54) is 12.5 Å². The van der Waals surface area contributed by atoms with E-state index < -0.39 is 12.1 Å². The zero-order valence-electron chi connectivity index (χ0n) is 25.1. The lowest BCUT2D eigenvalue weighted by Crippen LogP contribution is -2.26. The minimum atomic E-state index is -1.02. The summed E-state index contributed by atoms with van der Waals surface area (Å²) in [4.78, 5) is 28.3. The average Bonchev–Trinajstić information content (AvgIpc) is 2.96. The number of carboxylic acid groups (broad SMARTS) is 1. The molecule has 240 valence electrons. The second kappa shape index (κ2) is 19.5. The number of rotatable bonds is 14. The van der Waals surface area contributed by atoms with Gasteiger partial charge in [-0.25, -0.2) is 4.79 Å². The first-order valence-corrected chi connectivity index (χ1v) is 16.4. The van der Waals surface area contributed by atoms with Crippen LogP contribution in [0.15, 0.2) is 70.6 Å². The van der Waals surface area contributed by atoms with E-state index in [-0.39, 0.29) is 24.1 Å². The van der Waals surface area contributed by atoms with Crippen molar-refractivity contribution >= 4 is 64.0 Å². The van der Waals surface area contributed by atoms with Crippen LogP contribution in [0.4, 0.5) is 0 Å². The predicted molar refractivity (Wildman–Crippen MR) is 179 cm³/mol. The number of aliphatic hydroxyl groups excluding tert-OH is 1. The first kappa shape index (κ1) is 37.3. The Morgan fingerprint density at radius 1 is 1.11 bits per heavy atom. The molecule has 8 nitrogen and oxygen atoms in total. The zero-order valence-corrected chi connectivity index (χ0v) is 28.2. The molecule has 1 aliphatic rings. The van der Waals surface area contributed by atoms with Gasteiger partial charge < -0.3 is 24.5 Å². The van der Waals surface area contributed by atoms with E-state index in [1.54, 1.807) is 48.5 Å². The second-order valence-electron chi connectivity index (χ2n) is 9.82. The van der Waals surface area contributed by atoms with Gasteiger partial charge in [-0.1, -0.05) is 60.7 Å². The van der Waals surface area contributed by atoms with Crippen LogP contribution in [0.5, 0.6) is 17.2 Å². The molecule has 3 unspecified atom stereocenters. The molecule has 0 radical (unpaired) electrons. The Labute approximate surface area is 278 Å². The van der Waals surface area contributed by atoms with E-state index >= 15 is 0 Å². The SMILES string of the molecule is CC(Oc1ccc(Oc2ccc(Cl)cc2Cl)cc1)C(=O)O.CCSC(C)CC1CC(=O)C(/C(CC)=N/OC/C=C/Cl)=C(O)C1. The van der Waals surface area contributed by atoms with E-state index in [0.717, 1.165) is 12.2 Å². The fourth-order valence-electron chi connectivity index (χ4n) is 4.30. The Hall–Kier alpha value is -2.85. The molecule has 2 aromatic carbocycles. The number of Topliss-reactive ketones (excluding diaryl/α,β-unsaturated/α-hetero) is 1. The van der Waals surface area contributed by atoms with Crippen LogP contribution >= 0.6 is 46.6 Å². The van der Waals surface area contributed by atoms with Crippen LogP contribution in [0.2, 0.25) is 10.0 Å². The van der Waals surface area contributed by atoms with Crippen molar-refractivity contribution < 1.29 is 34.1 Å². The Kier molecular flexibility index (Phi) is 16.6. The van der Waals surface area contributed by atoms with Gasteiger partial charge in [0, 0.05) is 28.6 Å². The summed E-state index contributed by atoms with van der Waals surface area (Å²) in [5.74, 6) is 1.83. The number of aliphatic carboxylic acids is 1. The maximum atomic E-state index is 12.4. The molecule has 0 amide bonds. The third-order valence-corrected chi connectivity index (χ3v) is 8.11. The topological polar surface area (TPSA) is 115 Å². The van der Waals surface area contributed by atoms with Gasteiger partial charge in [0.15, 0.2) is 11.9 Å². The maximum absolute atomic E-state index is 12.4. The van der Waals surface area contributed by atoms with Gasteiger partial charge in [0.1, 0.15) is 29.6 Å². The molecule has 0 bridgehead atoms. The molecule has 2 N–H and O–H groups in total. The molecule has 0 saturated heterocycles. The summed E-state index contributed by atoms with van der Waals surface area (Å²) >= 11 is 19.1. The monoisotopic (exact) mass is 685 g/mol. The van der Waals surface area contributed by atoms with E-state index in [0.29, 0.717) is 63.1 Å². The summed E-state index contributed by atoms with van der Waals surface area (Å²) in [7, 11) is 0. The van der Waals surface area contributed by atoms with E-state index in [2.05, 4.69) is 19.0 Å². The van der Waals surface area contributed by atoms with Crippen LogP contribution in [0, 0.1) is 5.92 Å². The number of benzene rings is 2. The highest BCUT2D eigenvalue weighted by atomic mass is 35.5. The number of ketones is 1. The number of halogens is 3. The van der Waals surface area contributed by atoms with Crippen LogP contribution in [0.25, 0.3) is 0 Å². The summed E-state index contributed by atoms with van der Waals surface area (Å²) in [5, 5.41) is 24.5. The average molecular weight is 687 g/mol. The summed E-state index contributed by atoms with van der Waals surface area (Å²) in [6, 6.07) is 11.5. The van der Waals surface area contributed by atoms with Gasteiger partial charge >= 0.3 is 5.97 Å². The van der Waals surface area contributed by atoms with Gasteiger partial charge in [0.05, 0.1) is 16.3 Å². The van der Waals surface area contributed by atoms with Gasteiger partial charge in [0.2, 0.25) is 0 Å². The fourth-order valence-corrected chi connectivity index (χ4v) is 5.79. The van der Waals surface area contributed by atoms with Crippen molar-refractivity contribution in [3.05, 3.63) is 75.5 Å². The third kappa shape index (κ3) is 12.6. The minimum absolute atomic E-state index is 0.0375. The number of carboxylic acids is 1. The molecule has 0 aliphatic heterocycles. The number of hydrogen-bond acceptors (Lipinski definition) is 8. The van der Waals surface area contributed by atoms with E-state index in [9.17, 15) is 14.7 Å². The van der Waals surface area contributed by atoms with Gasteiger partial charge in [0.25, 0.3) is 0 Å². The lowest BCUT2D eigenvalue weighted by atomic mass is 9.82.